The van der Waals surface area contributed by atoms with E-state index in [1.165, 1.54) is 10.9 Å². The van der Waals surface area contributed by atoms with Crippen LogP contribution in [-0.2, 0) is 11.8 Å². The van der Waals surface area contributed by atoms with E-state index in [1.54, 1.807) is 7.11 Å². The van der Waals surface area contributed by atoms with Gasteiger partial charge in [-0.25, -0.2) is 0 Å². The molecule has 0 atom stereocenters. The molecule has 1 saturated carbocycles. The van der Waals surface area contributed by atoms with Crippen LogP contribution in [0.3, 0.4) is 0 Å². The van der Waals surface area contributed by atoms with Crippen molar-refractivity contribution in [2.75, 3.05) is 7.11 Å². The van der Waals surface area contributed by atoms with E-state index in [9.17, 15) is 4.79 Å². The summed E-state index contributed by atoms with van der Waals surface area (Å²) in [6.07, 6.45) is 5.49. The molecule has 0 unspecified atom stereocenters. The summed E-state index contributed by atoms with van der Waals surface area (Å²) in [4.78, 5) is 11.4. The lowest BCUT2D eigenvalue weighted by atomic mass is 9.82. The number of Topliss-reactive ketones (excluding diaryl/α,β-unsaturated/α-hetero) is 1. The van der Waals surface area contributed by atoms with Crippen LogP contribution in [0.25, 0.3) is 10.9 Å². The molecule has 19 heavy (non-hydrogen) atoms. The molecular formula is C16H19NO2. The molecule has 100 valence electrons. The van der Waals surface area contributed by atoms with Gasteiger partial charge in [0.2, 0.25) is 0 Å². The quantitative estimate of drug-likeness (QED) is 0.825. The molecule has 0 N–H and O–H groups in total. The van der Waals surface area contributed by atoms with Gasteiger partial charge in [0.25, 0.3) is 0 Å². The van der Waals surface area contributed by atoms with Gasteiger partial charge in [-0.1, -0.05) is 6.07 Å². The first-order valence-electron chi connectivity index (χ1n) is 6.84. The third-order valence-corrected chi connectivity index (χ3v) is 4.23. The minimum Gasteiger partial charge on any atom is -0.495 e. The van der Waals surface area contributed by atoms with E-state index in [0.29, 0.717) is 11.7 Å². The van der Waals surface area contributed by atoms with Crippen LogP contribution in [0, 0.1) is 0 Å². The van der Waals surface area contributed by atoms with Crippen molar-refractivity contribution in [3.05, 3.63) is 30.0 Å². The Bertz CT molecular complexity index is 617. The van der Waals surface area contributed by atoms with Crippen LogP contribution in [-0.4, -0.2) is 17.5 Å². The fourth-order valence-corrected chi connectivity index (χ4v) is 3.17. The van der Waals surface area contributed by atoms with E-state index in [1.807, 2.05) is 13.1 Å². The zero-order chi connectivity index (χ0) is 13.4. The van der Waals surface area contributed by atoms with Gasteiger partial charge >= 0.3 is 0 Å². The standard InChI is InChI=1S/C16H19NO2/c1-17-10-9-14-13(7-8-15(19-2)16(14)17)11-3-5-12(18)6-4-11/h7-11H,3-6H2,1-2H3. The highest BCUT2D eigenvalue weighted by Crippen LogP contribution is 2.38. The van der Waals surface area contributed by atoms with Gasteiger partial charge in [-0.2, -0.15) is 0 Å². The Morgan fingerprint density at radius 2 is 1.95 bits per heavy atom. The molecule has 0 spiro atoms. The van der Waals surface area contributed by atoms with Gasteiger partial charge in [-0.05, 0) is 36.5 Å². The average molecular weight is 257 g/mol. The summed E-state index contributed by atoms with van der Waals surface area (Å²) in [6.45, 7) is 0. The predicted molar refractivity (Wildman–Crippen MR) is 75.7 cm³/mol. The second kappa shape index (κ2) is 4.72. The van der Waals surface area contributed by atoms with Gasteiger partial charge in [0.05, 0.1) is 12.6 Å². The topological polar surface area (TPSA) is 31.2 Å². The molecule has 3 nitrogen and oxygen atoms in total. The number of nitrogens with zero attached hydrogens (tertiary/aromatic N) is 1. The van der Waals surface area contributed by atoms with Gasteiger partial charge in [0, 0.05) is 31.5 Å². The Labute approximate surface area is 113 Å². The summed E-state index contributed by atoms with van der Waals surface area (Å²) < 4.78 is 7.55. The number of hydrogen-bond donors (Lipinski definition) is 0. The van der Waals surface area contributed by atoms with Crippen LogP contribution in [0.15, 0.2) is 24.4 Å². The number of methoxy groups -OCH3 is 1. The summed E-state index contributed by atoms with van der Waals surface area (Å²) in [5.41, 5.74) is 2.51. The molecule has 1 fully saturated rings. The van der Waals surface area contributed by atoms with Gasteiger partial charge in [0.1, 0.15) is 11.5 Å². The smallest absolute Gasteiger partial charge is 0.143 e. The largest absolute Gasteiger partial charge is 0.495 e. The number of benzene rings is 1. The van der Waals surface area contributed by atoms with Crippen LogP contribution in [0.5, 0.6) is 5.75 Å². The van der Waals surface area contributed by atoms with E-state index in [-0.39, 0.29) is 0 Å². The van der Waals surface area contributed by atoms with Crippen LogP contribution >= 0.6 is 0 Å². The van der Waals surface area contributed by atoms with E-state index < -0.39 is 0 Å². The van der Waals surface area contributed by atoms with Gasteiger partial charge in [0.15, 0.2) is 0 Å². The minimum atomic E-state index is 0.411. The number of fused-ring (bicyclic) bond motifs is 1. The SMILES string of the molecule is COc1ccc(C2CCC(=O)CC2)c2ccn(C)c12. The van der Waals surface area contributed by atoms with E-state index >= 15 is 0 Å². The van der Waals surface area contributed by atoms with E-state index in [4.69, 9.17) is 4.74 Å². The number of aromatic nitrogens is 1. The highest BCUT2D eigenvalue weighted by atomic mass is 16.5. The van der Waals surface area contributed by atoms with Crippen molar-refractivity contribution >= 4 is 16.7 Å². The van der Waals surface area contributed by atoms with E-state index in [0.717, 1.165) is 36.9 Å². The number of carbonyl (C=O) groups is 1. The van der Waals surface area contributed by atoms with Crippen molar-refractivity contribution in [1.29, 1.82) is 0 Å². The zero-order valence-corrected chi connectivity index (χ0v) is 11.5. The average Bonchev–Trinajstić information content (AvgIpc) is 2.82. The van der Waals surface area contributed by atoms with Crippen LogP contribution in [0.1, 0.15) is 37.2 Å². The fraction of sp³-hybridized carbons (Fsp3) is 0.438. The van der Waals surface area contributed by atoms with Crippen molar-refractivity contribution in [2.45, 2.75) is 31.6 Å². The molecule has 0 saturated heterocycles. The fourth-order valence-electron chi connectivity index (χ4n) is 3.17. The number of carbonyl (C=O) groups excluding carboxylic acids is 1. The minimum absolute atomic E-state index is 0.411. The molecule has 1 aliphatic carbocycles. The number of ether oxygens (including phenoxy) is 1. The number of aryl methyl sites for hydroxylation is 1. The van der Waals surface area contributed by atoms with Gasteiger partial charge in [-0.15, -0.1) is 0 Å². The molecule has 0 bridgehead atoms. The van der Waals surface area contributed by atoms with Crippen LogP contribution < -0.4 is 4.74 Å². The normalized spacial score (nSPS) is 17.1. The second-order valence-corrected chi connectivity index (χ2v) is 5.36. The van der Waals surface area contributed by atoms with Gasteiger partial charge < -0.3 is 9.30 Å². The van der Waals surface area contributed by atoms with Crippen LogP contribution in [0.4, 0.5) is 0 Å². The van der Waals surface area contributed by atoms with Crippen molar-refractivity contribution in [3.8, 4) is 5.75 Å². The number of rotatable bonds is 2. The first-order valence-corrected chi connectivity index (χ1v) is 6.84. The Morgan fingerprint density at radius 1 is 1.21 bits per heavy atom. The maximum absolute atomic E-state index is 11.4. The maximum atomic E-state index is 11.4. The number of ketones is 1. The molecule has 1 aromatic carbocycles. The van der Waals surface area contributed by atoms with Crippen LogP contribution in [0.2, 0.25) is 0 Å². The second-order valence-electron chi connectivity index (χ2n) is 5.36. The van der Waals surface area contributed by atoms with Crippen molar-refractivity contribution in [3.63, 3.8) is 0 Å². The zero-order valence-electron chi connectivity index (χ0n) is 11.5. The molecule has 3 rings (SSSR count). The predicted octanol–water partition coefficient (Wildman–Crippen LogP) is 3.41. The summed E-state index contributed by atoms with van der Waals surface area (Å²) in [5.74, 6) is 1.83. The summed E-state index contributed by atoms with van der Waals surface area (Å²) in [5, 5.41) is 1.26. The molecule has 0 radical (unpaired) electrons. The first-order chi connectivity index (χ1) is 9.20. The summed E-state index contributed by atoms with van der Waals surface area (Å²) in [7, 11) is 3.75. The van der Waals surface area contributed by atoms with Crippen molar-refractivity contribution in [1.82, 2.24) is 4.57 Å². The summed E-state index contributed by atoms with van der Waals surface area (Å²) >= 11 is 0. The van der Waals surface area contributed by atoms with E-state index in [2.05, 4.69) is 22.9 Å². The lowest BCUT2D eigenvalue weighted by Crippen LogP contribution is -2.12. The molecule has 1 heterocycles. The van der Waals surface area contributed by atoms with Gasteiger partial charge in [-0.3, -0.25) is 4.79 Å². The summed E-state index contributed by atoms with van der Waals surface area (Å²) in [6, 6.07) is 6.37. The third-order valence-electron chi connectivity index (χ3n) is 4.23. The van der Waals surface area contributed by atoms with Crippen molar-refractivity contribution < 1.29 is 9.53 Å². The lowest BCUT2D eigenvalue weighted by Gasteiger charge is -2.22. The molecule has 3 heteroatoms. The molecule has 1 aliphatic rings. The third kappa shape index (κ3) is 2.03. The first kappa shape index (κ1) is 12.3. The lowest BCUT2D eigenvalue weighted by molar-refractivity contribution is -0.120. The molecule has 0 amide bonds. The molecule has 2 aromatic rings. The molecular weight excluding hydrogens is 238 g/mol. The highest BCUT2D eigenvalue weighted by molar-refractivity contribution is 5.90. The molecule has 1 aromatic heterocycles. The highest BCUT2D eigenvalue weighted by Gasteiger charge is 2.23. The molecule has 0 aliphatic heterocycles. The maximum Gasteiger partial charge on any atom is 0.143 e. The van der Waals surface area contributed by atoms with Crippen molar-refractivity contribution in [2.24, 2.45) is 7.05 Å². The Hall–Kier alpha value is -1.77. The monoisotopic (exact) mass is 257 g/mol. The Morgan fingerprint density at radius 3 is 2.63 bits per heavy atom. The number of hydrogen-bond acceptors (Lipinski definition) is 2. The Kier molecular flexibility index (Phi) is 3.05. The Balaban J connectivity index is 2.07.